The highest BCUT2D eigenvalue weighted by molar-refractivity contribution is 7.89. The monoisotopic (exact) mass is 253 g/mol. The van der Waals surface area contributed by atoms with Crippen molar-refractivity contribution in [2.24, 2.45) is 0 Å². The minimum Gasteiger partial charge on any atom is -0.211 e. The van der Waals surface area contributed by atoms with Gasteiger partial charge in [-0.3, -0.25) is 0 Å². The number of thiophene rings is 1. The lowest BCUT2D eigenvalue weighted by Gasteiger charge is -2.02. The molecule has 0 spiro atoms. The van der Waals surface area contributed by atoms with E-state index in [1.54, 1.807) is 19.9 Å². The first-order valence-corrected chi connectivity index (χ1v) is 6.99. The maximum atomic E-state index is 11.6. The Hall–Kier alpha value is -0.100. The van der Waals surface area contributed by atoms with Gasteiger partial charge in [0.1, 0.15) is 0 Å². The van der Waals surface area contributed by atoms with Gasteiger partial charge < -0.3 is 0 Å². The quantitative estimate of drug-likeness (QED) is 0.836. The van der Waals surface area contributed by atoms with Gasteiger partial charge >= 0.3 is 0 Å². The molecule has 0 aliphatic rings. The molecular formula is C8H12ClNO2S2. The first-order chi connectivity index (χ1) is 6.51. The molecule has 0 fully saturated rings. The number of hydrogen-bond acceptors (Lipinski definition) is 3. The van der Waals surface area contributed by atoms with E-state index in [2.05, 4.69) is 4.72 Å². The summed E-state index contributed by atoms with van der Waals surface area (Å²) in [6.45, 7) is 3.93. The van der Waals surface area contributed by atoms with E-state index in [0.717, 1.165) is 9.75 Å². The summed E-state index contributed by atoms with van der Waals surface area (Å²) in [5, 5.41) is 0. The molecule has 6 heteroatoms. The van der Waals surface area contributed by atoms with Gasteiger partial charge in [-0.2, -0.15) is 0 Å². The fourth-order valence-electron chi connectivity index (χ4n) is 1.12. The second-order valence-electron chi connectivity index (χ2n) is 2.77. The summed E-state index contributed by atoms with van der Waals surface area (Å²) in [5.74, 6) is 0.354. The third kappa shape index (κ3) is 2.48. The third-order valence-corrected chi connectivity index (χ3v) is 4.98. The Balaban J connectivity index is 3.12. The van der Waals surface area contributed by atoms with E-state index in [1.807, 2.05) is 0 Å². The van der Waals surface area contributed by atoms with Crippen molar-refractivity contribution in [2.45, 2.75) is 24.6 Å². The number of sulfonamides is 1. The summed E-state index contributed by atoms with van der Waals surface area (Å²) in [4.78, 5) is 2.00. The first kappa shape index (κ1) is 12.0. The maximum absolute atomic E-state index is 11.6. The maximum Gasteiger partial charge on any atom is 0.241 e. The number of hydrogen-bond donors (Lipinski definition) is 1. The zero-order valence-electron chi connectivity index (χ0n) is 8.00. The van der Waals surface area contributed by atoms with Crippen LogP contribution in [0.25, 0.3) is 0 Å². The van der Waals surface area contributed by atoms with Crippen LogP contribution in [0.3, 0.4) is 0 Å². The molecule has 14 heavy (non-hydrogen) atoms. The summed E-state index contributed by atoms with van der Waals surface area (Å²) in [6.07, 6.45) is 0. The predicted octanol–water partition coefficient (Wildman–Crippen LogP) is 2.09. The molecule has 80 valence electrons. The Kier molecular flexibility index (Phi) is 3.94. The minimum atomic E-state index is -3.33. The van der Waals surface area contributed by atoms with E-state index < -0.39 is 10.0 Å². The van der Waals surface area contributed by atoms with Crippen LogP contribution in [0.15, 0.2) is 11.0 Å². The molecule has 0 atom stereocenters. The van der Waals surface area contributed by atoms with Crippen molar-refractivity contribution >= 4 is 33.0 Å². The highest BCUT2D eigenvalue weighted by Crippen LogP contribution is 2.26. The van der Waals surface area contributed by atoms with Gasteiger partial charge in [0.15, 0.2) is 0 Å². The molecule has 0 bridgehead atoms. The highest BCUT2D eigenvalue weighted by atomic mass is 35.5. The van der Waals surface area contributed by atoms with Crippen LogP contribution >= 0.6 is 22.9 Å². The van der Waals surface area contributed by atoms with E-state index in [9.17, 15) is 8.42 Å². The molecule has 0 aromatic carbocycles. The number of nitrogens with one attached hydrogen (secondary N) is 1. The Labute approximate surface area is 93.1 Å². The summed E-state index contributed by atoms with van der Waals surface area (Å²) < 4.78 is 25.7. The minimum absolute atomic E-state index is 0.347. The largest absolute Gasteiger partial charge is 0.241 e. The topological polar surface area (TPSA) is 46.2 Å². The van der Waals surface area contributed by atoms with E-state index in [-0.39, 0.29) is 0 Å². The Bertz CT molecular complexity index is 411. The summed E-state index contributed by atoms with van der Waals surface area (Å²) >= 11 is 7.05. The van der Waals surface area contributed by atoms with E-state index in [1.165, 1.54) is 11.3 Å². The number of alkyl halides is 1. The lowest BCUT2D eigenvalue weighted by Crippen LogP contribution is -2.23. The number of aryl methyl sites for hydroxylation is 1. The van der Waals surface area contributed by atoms with Gasteiger partial charge in [0, 0.05) is 16.3 Å². The molecule has 3 nitrogen and oxygen atoms in total. The van der Waals surface area contributed by atoms with Crippen LogP contribution in [0.5, 0.6) is 0 Å². The Morgan fingerprint density at radius 3 is 2.64 bits per heavy atom. The predicted molar refractivity (Wildman–Crippen MR) is 59.5 cm³/mol. The molecule has 0 aliphatic heterocycles. The first-order valence-electron chi connectivity index (χ1n) is 4.16. The average molecular weight is 254 g/mol. The standard InChI is InChI=1S/C8H12ClNO2S2/c1-3-10-14(11,12)8-4-7(5-9)13-6(8)2/h4,10H,3,5H2,1-2H3. The van der Waals surface area contributed by atoms with Crippen molar-refractivity contribution in [2.75, 3.05) is 6.54 Å². The van der Waals surface area contributed by atoms with E-state index in [4.69, 9.17) is 11.6 Å². The van der Waals surface area contributed by atoms with Crippen LogP contribution < -0.4 is 4.72 Å². The van der Waals surface area contributed by atoms with Gasteiger partial charge in [-0.05, 0) is 13.0 Å². The molecule has 0 saturated carbocycles. The molecule has 1 rings (SSSR count). The van der Waals surface area contributed by atoms with Crippen LogP contribution in [0.4, 0.5) is 0 Å². The number of halogens is 1. The zero-order chi connectivity index (χ0) is 10.8. The SMILES string of the molecule is CCNS(=O)(=O)c1cc(CCl)sc1C. The van der Waals surface area contributed by atoms with Gasteiger partial charge in [-0.15, -0.1) is 22.9 Å². The van der Waals surface area contributed by atoms with E-state index >= 15 is 0 Å². The van der Waals surface area contributed by atoms with Crippen LogP contribution in [0.1, 0.15) is 16.7 Å². The van der Waals surface area contributed by atoms with Crippen LogP contribution in [-0.4, -0.2) is 15.0 Å². The Morgan fingerprint density at radius 2 is 2.21 bits per heavy atom. The van der Waals surface area contributed by atoms with Gasteiger partial charge in [-0.1, -0.05) is 6.92 Å². The number of rotatable bonds is 4. The van der Waals surface area contributed by atoms with Crippen molar-refractivity contribution in [1.29, 1.82) is 0 Å². The molecule has 0 radical (unpaired) electrons. The van der Waals surface area contributed by atoms with Gasteiger partial charge in [0.05, 0.1) is 10.8 Å². The summed E-state index contributed by atoms with van der Waals surface area (Å²) in [6, 6.07) is 1.63. The Morgan fingerprint density at radius 1 is 1.57 bits per heavy atom. The lowest BCUT2D eigenvalue weighted by atomic mass is 10.4. The zero-order valence-corrected chi connectivity index (χ0v) is 10.4. The van der Waals surface area contributed by atoms with Crippen LogP contribution in [0, 0.1) is 6.92 Å². The van der Waals surface area contributed by atoms with Gasteiger partial charge in [0.25, 0.3) is 0 Å². The smallest absolute Gasteiger partial charge is 0.211 e. The van der Waals surface area contributed by atoms with Gasteiger partial charge in [-0.25, -0.2) is 13.1 Å². The molecule has 0 unspecified atom stereocenters. The fraction of sp³-hybridized carbons (Fsp3) is 0.500. The van der Waals surface area contributed by atoms with Gasteiger partial charge in [0.2, 0.25) is 10.0 Å². The highest BCUT2D eigenvalue weighted by Gasteiger charge is 2.18. The summed E-state index contributed by atoms with van der Waals surface area (Å²) in [5.41, 5.74) is 0. The summed E-state index contributed by atoms with van der Waals surface area (Å²) in [7, 11) is -3.33. The third-order valence-electron chi connectivity index (χ3n) is 1.68. The molecular weight excluding hydrogens is 242 g/mol. The van der Waals surface area contributed by atoms with Crippen LogP contribution in [-0.2, 0) is 15.9 Å². The van der Waals surface area contributed by atoms with Crippen molar-refractivity contribution in [1.82, 2.24) is 4.72 Å². The van der Waals surface area contributed by atoms with Crippen molar-refractivity contribution in [3.05, 3.63) is 15.8 Å². The van der Waals surface area contributed by atoms with Crippen LogP contribution in [0.2, 0.25) is 0 Å². The normalized spacial score (nSPS) is 11.9. The molecule has 0 saturated heterocycles. The van der Waals surface area contributed by atoms with Crippen molar-refractivity contribution in [3.8, 4) is 0 Å². The fourth-order valence-corrected chi connectivity index (χ4v) is 3.89. The van der Waals surface area contributed by atoms with Crippen molar-refractivity contribution < 1.29 is 8.42 Å². The molecule has 1 aromatic rings. The molecule has 1 aromatic heterocycles. The molecule has 1 N–H and O–H groups in total. The second-order valence-corrected chi connectivity index (χ2v) is 6.11. The molecule has 0 amide bonds. The molecule has 0 aliphatic carbocycles. The van der Waals surface area contributed by atoms with E-state index in [0.29, 0.717) is 17.3 Å². The molecule has 1 heterocycles. The second kappa shape index (κ2) is 4.61. The van der Waals surface area contributed by atoms with Crippen molar-refractivity contribution in [3.63, 3.8) is 0 Å². The lowest BCUT2D eigenvalue weighted by molar-refractivity contribution is 0.584. The average Bonchev–Trinajstić information content (AvgIpc) is 2.47.